The van der Waals surface area contributed by atoms with Gasteiger partial charge in [-0.05, 0) is 48.5 Å². The van der Waals surface area contributed by atoms with E-state index in [0.717, 1.165) is 37.1 Å². The van der Waals surface area contributed by atoms with Crippen LogP contribution in [0.25, 0.3) is 22.3 Å². The van der Waals surface area contributed by atoms with E-state index in [1.54, 1.807) is 0 Å². The molecular weight excluding hydrogens is 316 g/mol. The van der Waals surface area contributed by atoms with Crippen LogP contribution in [0.2, 0.25) is 0 Å². The standard InChI is InChI=1S/C20H20N2OS/c23-20-18(19(24-22-20)17-10-12-21-13-11-17)16-8-6-15(7-9-16)14-4-2-1-3-5-14/h1-9,17,21H,10-13H2,(H,22,23). The fourth-order valence-corrected chi connectivity index (χ4v) is 4.44. The Bertz CT molecular complexity index is 859. The third kappa shape index (κ3) is 2.95. The van der Waals surface area contributed by atoms with Gasteiger partial charge in [0.15, 0.2) is 0 Å². The highest BCUT2D eigenvalue weighted by atomic mass is 32.1. The summed E-state index contributed by atoms with van der Waals surface area (Å²) in [6, 6.07) is 18.7. The Labute approximate surface area is 145 Å². The molecular formula is C20H20N2OS. The first-order valence-electron chi connectivity index (χ1n) is 8.41. The van der Waals surface area contributed by atoms with Gasteiger partial charge < -0.3 is 5.32 Å². The second kappa shape index (κ2) is 6.75. The molecule has 1 aliphatic rings. The lowest BCUT2D eigenvalue weighted by atomic mass is 9.91. The Hall–Kier alpha value is -2.17. The van der Waals surface area contributed by atoms with Crippen LogP contribution in [-0.2, 0) is 0 Å². The molecule has 4 rings (SSSR count). The normalized spacial score (nSPS) is 15.5. The molecule has 4 heteroatoms. The number of hydrogen-bond donors (Lipinski definition) is 2. The van der Waals surface area contributed by atoms with Crippen molar-refractivity contribution in [1.29, 1.82) is 0 Å². The molecule has 0 atom stereocenters. The summed E-state index contributed by atoms with van der Waals surface area (Å²) in [5.41, 5.74) is 4.30. The van der Waals surface area contributed by atoms with Crippen molar-refractivity contribution in [2.75, 3.05) is 13.1 Å². The predicted octanol–water partition coefficient (Wildman–Crippen LogP) is 4.24. The monoisotopic (exact) mass is 336 g/mol. The Balaban J connectivity index is 1.69. The maximum atomic E-state index is 12.4. The van der Waals surface area contributed by atoms with Gasteiger partial charge in [0.1, 0.15) is 0 Å². The molecule has 0 saturated carbocycles. The highest BCUT2D eigenvalue weighted by Gasteiger charge is 2.23. The molecule has 1 aromatic heterocycles. The van der Waals surface area contributed by atoms with E-state index >= 15 is 0 Å². The highest BCUT2D eigenvalue weighted by Crippen LogP contribution is 2.35. The molecule has 24 heavy (non-hydrogen) atoms. The van der Waals surface area contributed by atoms with Crippen molar-refractivity contribution in [3.05, 3.63) is 69.8 Å². The van der Waals surface area contributed by atoms with Crippen molar-refractivity contribution in [3.63, 3.8) is 0 Å². The third-order valence-electron chi connectivity index (χ3n) is 4.72. The minimum Gasteiger partial charge on any atom is -0.317 e. The SMILES string of the molecule is O=c1[nH]sc(C2CCNCC2)c1-c1ccc(-c2ccccc2)cc1. The molecule has 2 N–H and O–H groups in total. The van der Waals surface area contributed by atoms with Crippen LogP contribution in [0.15, 0.2) is 59.4 Å². The summed E-state index contributed by atoms with van der Waals surface area (Å²) in [6.45, 7) is 2.06. The summed E-state index contributed by atoms with van der Waals surface area (Å²) in [5.74, 6) is 0.485. The molecule has 122 valence electrons. The van der Waals surface area contributed by atoms with Crippen molar-refractivity contribution in [3.8, 4) is 22.3 Å². The van der Waals surface area contributed by atoms with Gasteiger partial charge >= 0.3 is 0 Å². The summed E-state index contributed by atoms with van der Waals surface area (Å²) in [7, 11) is 0. The second-order valence-electron chi connectivity index (χ2n) is 6.24. The molecule has 3 nitrogen and oxygen atoms in total. The van der Waals surface area contributed by atoms with E-state index in [9.17, 15) is 4.79 Å². The number of H-pyrrole nitrogens is 1. The van der Waals surface area contributed by atoms with Gasteiger partial charge in [-0.15, -0.1) is 0 Å². The van der Waals surface area contributed by atoms with Gasteiger partial charge in [-0.3, -0.25) is 9.17 Å². The van der Waals surface area contributed by atoms with E-state index in [4.69, 9.17) is 0 Å². The topological polar surface area (TPSA) is 44.9 Å². The molecule has 1 saturated heterocycles. The van der Waals surface area contributed by atoms with E-state index in [1.807, 2.05) is 18.2 Å². The van der Waals surface area contributed by atoms with Crippen LogP contribution in [0, 0.1) is 0 Å². The van der Waals surface area contributed by atoms with Crippen LogP contribution in [-0.4, -0.2) is 17.5 Å². The quantitative estimate of drug-likeness (QED) is 0.751. The first-order chi connectivity index (χ1) is 11.8. The molecule has 0 aliphatic carbocycles. The molecule has 3 aromatic rings. The largest absolute Gasteiger partial charge is 0.317 e. The minimum atomic E-state index is 0.0426. The van der Waals surface area contributed by atoms with E-state index < -0.39 is 0 Å². The Morgan fingerprint density at radius 1 is 0.833 bits per heavy atom. The average molecular weight is 336 g/mol. The fourth-order valence-electron chi connectivity index (χ4n) is 3.42. The number of benzene rings is 2. The summed E-state index contributed by atoms with van der Waals surface area (Å²) >= 11 is 1.51. The van der Waals surface area contributed by atoms with Crippen LogP contribution in [0.1, 0.15) is 23.6 Å². The van der Waals surface area contributed by atoms with Gasteiger partial charge in [-0.1, -0.05) is 66.1 Å². The molecule has 0 spiro atoms. The smallest absolute Gasteiger partial charge is 0.266 e. The molecule has 1 fully saturated rings. The molecule has 0 radical (unpaired) electrons. The Kier molecular flexibility index (Phi) is 4.32. The molecule has 1 aliphatic heterocycles. The zero-order valence-corrected chi connectivity index (χ0v) is 14.2. The summed E-state index contributed by atoms with van der Waals surface area (Å²) in [4.78, 5) is 13.6. The molecule has 2 heterocycles. The van der Waals surface area contributed by atoms with Crippen LogP contribution in [0.5, 0.6) is 0 Å². The molecule has 0 amide bonds. The Morgan fingerprint density at radius 3 is 2.17 bits per heavy atom. The van der Waals surface area contributed by atoms with Gasteiger partial charge in [-0.2, -0.15) is 0 Å². The van der Waals surface area contributed by atoms with Crippen molar-refractivity contribution in [2.45, 2.75) is 18.8 Å². The number of piperidine rings is 1. The van der Waals surface area contributed by atoms with Gasteiger partial charge in [0.25, 0.3) is 5.56 Å². The number of rotatable bonds is 3. The van der Waals surface area contributed by atoms with E-state index in [0.29, 0.717) is 5.92 Å². The van der Waals surface area contributed by atoms with Gasteiger partial charge in [0, 0.05) is 4.88 Å². The second-order valence-corrected chi connectivity index (χ2v) is 7.09. The summed E-state index contributed by atoms with van der Waals surface area (Å²) in [5, 5.41) is 3.39. The summed E-state index contributed by atoms with van der Waals surface area (Å²) < 4.78 is 2.95. The van der Waals surface area contributed by atoms with Gasteiger partial charge in [-0.25, -0.2) is 0 Å². The van der Waals surface area contributed by atoms with E-state index in [2.05, 4.69) is 46.1 Å². The first kappa shape index (κ1) is 15.4. The third-order valence-corrected chi connectivity index (χ3v) is 5.76. The maximum absolute atomic E-state index is 12.4. The lowest BCUT2D eigenvalue weighted by Crippen LogP contribution is -2.26. The van der Waals surface area contributed by atoms with E-state index in [-0.39, 0.29) is 5.56 Å². The van der Waals surface area contributed by atoms with Crippen molar-refractivity contribution >= 4 is 11.5 Å². The first-order valence-corrected chi connectivity index (χ1v) is 9.22. The number of hydrogen-bond acceptors (Lipinski definition) is 3. The fraction of sp³-hybridized carbons (Fsp3) is 0.250. The van der Waals surface area contributed by atoms with Gasteiger partial charge in [0.2, 0.25) is 0 Å². The maximum Gasteiger partial charge on any atom is 0.266 e. The lowest BCUT2D eigenvalue weighted by molar-refractivity contribution is 0.465. The minimum absolute atomic E-state index is 0.0426. The molecule has 2 aromatic carbocycles. The average Bonchev–Trinajstić information content (AvgIpc) is 3.05. The predicted molar refractivity (Wildman–Crippen MR) is 101 cm³/mol. The lowest BCUT2D eigenvalue weighted by Gasteiger charge is -2.22. The highest BCUT2D eigenvalue weighted by molar-refractivity contribution is 7.06. The van der Waals surface area contributed by atoms with Crippen molar-refractivity contribution < 1.29 is 0 Å². The summed E-state index contributed by atoms with van der Waals surface area (Å²) in [6.07, 6.45) is 2.20. The van der Waals surface area contributed by atoms with Crippen LogP contribution in [0.4, 0.5) is 0 Å². The number of aromatic amines is 1. The number of aromatic nitrogens is 1. The molecule has 0 bridgehead atoms. The van der Waals surface area contributed by atoms with Crippen LogP contribution in [0.3, 0.4) is 0 Å². The van der Waals surface area contributed by atoms with Crippen molar-refractivity contribution in [1.82, 2.24) is 9.69 Å². The number of nitrogens with one attached hydrogen (secondary N) is 2. The van der Waals surface area contributed by atoms with Crippen LogP contribution < -0.4 is 10.9 Å². The van der Waals surface area contributed by atoms with Gasteiger partial charge in [0.05, 0.1) is 5.56 Å². The van der Waals surface area contributed by atoms with Crippen molar-refractivity contribution in [2.24, 2.45) is 0 Å². The zero-order valence-electron chi connectivity index (χ0n) is 13.4. The Morgan fingerprint density at radius 2 is 1.46 bits per heavy atom. The molecule has 0 unspecified atom stereocenters. The van der Waals surface area contributed by atoms with Crippen LogP contribution >= 0.6 is 11.5 Å². The van der Waals surface area contributed by atoms with E-state index in [1.165, 1.54) is 27.5 Å². The zero-order chi connectivity index (χ0) is 16.4.